The zero-order valence-corrected chi connectivity index (χ0v) is 23.3. The normalized spacial score (nSPS) is 47.3. The van der Waals surface area contributed by atoms with Crippen molar-refractivity contribution in [3.8, 4) is 0 Å². The molecule has 0 saturated heterocycles. The Bertz CT molecular complexity index is 790. The molecule has 5 heteroatoms. The summed E-state index contributed by atoms with van der Waals surface area (Å²) in [4.78, 5) is 12.1. The third-order valence-electron chi connectivity index (χ3n) is 12.1. The summed E-state index contributed by atoms with van der Waals surface area (Å²) in [6.07, 6.45) is 8.46. The SMILES string of the molecule is CC(=O)O[C@H]1C[C@H]2[C@@H]3CC[C@H]([C@H](C)CC[C@H](C)C(C)(C)O)[C@@]3(C)CC[C@@H]2[C@@]2(C)CC[C@H](O)C[C@@]12O. The molecule has 4 rings (SSSR count). The molecule has 0 heterocycles. The smallest absolute Gasteiger partial charge is 0.303 e. The fourth-order valence-electron chi connectivity index (χ4n) is 9.62. The number of aliphatic hydroxyl groups excluding tert-OH is 1. The van der Waals surface area contributed by atoms with E-state index in [-0.39, 0.29) is 22.7 Å². The molecule has 0 aromatic carbocycles. The van der Waals surface area contributed by atoms with Gasteiger partial charge in [0.25, 0.3) is 0 Å². The Morgan fingerprint density at radius 2 is 1.74 bits per heavy atom. The van der Waals surface area contributed by atoms with E-state index in [1.165, 1.54) is 26.2 Å². The van der Waals surface area contributed by atoms with Crippen LogP contribution in [0.5, 0.6) is 0 Å². The fraction of sp³-hybridized carbons (Fsp3) is 0.967. The summed E-state index contributed by atoms with van der Waals surface area (Å²) in [6, 6.07) is 0. The highest BCUT2D eigenvalue weighted by molar-refractivity contribution is 5.66. The number of ether oxygens (including phenoxy) is 1. The molecule has 0 aromatic heterocycles. The third kappa shape index (κ3) is 4.50. The summed E-state index contributed by atoms with van der Waals surface area (Å²) in [5, 5.41) is 32.9. The van der Waals surface area contributed by atoms with E-state index in [9.17, 15) is 20.1 Å². The van der Waals surface area contributed by atoms with E-state index in [2.05, 4.69) is 27.7 Å². The molecule has 4 aliphatic carbocycles. The molecular weight excluding hydrogens is 440 g/mol. The zero-order chi connectivity index (χ0) is 26.0. The summed E-state index contributed by atoms with van der Waals surface area (Å²) < 4.78 is 5.85. The van der Waals surface area contributed by atoms with Crippen molar-refractivity contribution in [1.29, 1.82) is 0 Å². The Morgan fingerprint density at radius 1 is 1.06 bits per heavy atom. The second-order valence-electron chi connectivity index (χ2n) is 14.3. The topological polar surface area (TPSA) is 87.0 Å². The van der Waals surface area contributed by atoms with Crippen molar-refractivity contribution in [2.75, 3.05) is 0 Å². The summed E-state index contributed by atoms with van der Waals surface area (Å²) >= 11 is 0. The number of carbonyl (C=O) groups excluding carboxylic acids is 1. The van der Waals surface area contributed by atoms with Crippen LogP contribution in [0.15, 0.2) is 0 Å². The van der Waals surface area contributed by atoms with Crippen molar-refractivity contribution in [2.24, 2.45) is 46.3 Å². The van der Waals surface area contributed by atoms with E-state index in [4.69, 9.17) is 4.74 Å². The molecule has 3 N–H and O–H groups in total. The quantitative estimate of drug-likeness (QED) is 0.427. The number of carbonyl (C=O) groups is 1. The van der Waals surface area contributed by atoms with E-state index in [1.807, 2.05) is 13.8 Å². The third-order valence-corrected chi connectivity index (χ3v) is 12.1. The van der Waals surface area contributed by atoms with Crippen molar-refractivity contribution in [3.05, 3.63) is 0 Å². The van der Waals surface area contributed by atoms with Crippen LogP contribution in [0, 0.1) is 46.3 Å². The van der Waals surface area contributed by atoms with Crippen LogP contribution in [0.2, 0.25) is 0 Å². The van der Waals surface area contributed by atoms with Gasteiger partial charge < -0.3 is 20.1 Å². The number of hydrogen-bond donors (Lipinski definition) is 3. The van der Waals surface area contributed by atoms with Crippen LogP contribution in [0.3, 0.4) is 0 Å². The maximum absolute atomic E-state index is 12.1. The van der Waals surface area contributed by atoms with Gasteiger partial charge >= 0.3 is 5.97 Å². The average molecular weight is 493 g/mol. The second-order valence-corrected chi connectivity index (χ2v) is 14.3. The highest BCUT2D eigenvalue weighted by Gasteiger charge is 2.68. The predicted octanol–water partition coefficient (Wildman–Crippen LogP) is 5.49. The first-order valence-electron chi connectivity index (χ1n) is 14.4. The van der Waals surface area contributed by atoms with Crippen molar-refractivity contribution >= 4 is 5.97 Å². The lowest BCUT2D eigenvalue weighted by atomic mass is 9.42. The molecule has 4 saturated carbocycles. The number of esters is 1. The highest BCUT2D eigenvalue weighted by atomic mass is 16.6. The standard InChI is InChI=1S/C30H52O5/c1-18(8-9-19(2)27(4,5)33)23-10-11-24-22-16-26(35-20(3)31)30(34)17-21(32)12-15-29(30,7)25(22)13-14-28(23,24)6/h18-19,21-26,32-34H,8-17H2,1-7H3/t18-,19+,21+,22+,23-,24+,25+,26+,28-,29-,30-/m1/s1. The van der Waals surface area contributed by atoms with Gasteiger partial charge in [0.2, 0.25) is 0 Å². The molecule has 5 nitrogen and oxygen atoms in total. The van der Waals surface area contributed by atoms with Crippen LogP contribution in [0.25, 0.3) is 0 Å². The van der Waals surface area contributed by atoms with Crippen LogP contribution in [0.1, 0.15) is 113 Å². The Morgan fingerprint density at radius 3 is 2.37 bits per heavy atom. The lowest BCUT2D eigenvalue weighted by Crippen LogP contribution is -2.69. The Balaban J connectivity index is 1.57. The van der Waals surface area contributed by atoms with Crippen LogP contribution in [-0.2, 0) is 9.53 Å². The van der Waals surface area contributed by atoms with Gasteiger partial charge in [0.1, 0.15) is 11.7 Å². The summed E-state index contributed by atoms with van der Waals surface area (Å²) in [5.41, 5.74) is -1.83. The highest BCUT2D eigenvalue weighted by Crippen LogP contribution is 2.69. The molecule has 0 unspecified atom stereocenters. The lowest BCUT2D eigenvalue weighted by molar-refractivity contribution is -0.269. The molecule has 202 valence electrons. The van der Waals surface area contributed by atoms with Crippen LogP contribution in [0.4, 0.5) is 0 Å². The molecule has 4 aliphatic rings. The first-order valence-corrected chi connectivity index (χ1v) is 14.4. The van der Waals surface area contributed by atoms with Gasteiger partial charge in [-0.05, 0) is 106 Å². The van der Waals surface area contributed by atoms with E-state index >= 15 is 0 Å². The number of fused-ring (bicyclic) bond motifs is 5. The average Bonchev–Trinajstić information content (AvgIpc) is 3.10. The second kappa shape index (κ2) is 9.27. The Kier molecular flexibility index (Phi) is 7.26. The lowest BCUT2D eigenvalue weighted by Gasteiger charge is -2.65. The number of hydrogen-bond acceptors (Lipinski definition) is 5. The van der Waals surface area contributed by atoms with E-state index < -0.39 is 23.4 Å². The molecule has 0 aromatic rings. The summed E-state index contributed by atoms with van der Waals surface area (Å²) in [6.45, 7) is 14.6. The Labute approximate surface area is 213 Å². The molecule has 0 amide bonds. The zero-order valence-electron chi connectivity index (χ0n) is 23.3. The monoisotopic (exact) mass is 492 g/mol. The van der Waals surface area contributed by atoms with Crippen molar-refractivity contribution < 1.29 is 24.9 Å². The molecule has 4 fully saturated rings. The number of rotatable bonds is 6. The van der Waals surface area contributed by atoms with Gasteiger partial charge in [-0.1, -0.05) is 34.1 Å². The van der Waals surface area contributed by atoms with Gasteiger partial charge in [-0.3, -0.25) is 4.79 Å². The first-order chi connectivity index (χ1) is 16.1. The van der Waals surface area contributed by atoms with Gasteiger partial charge in [-0.15, -0.1) is 0 Å². The van der Waals surface area contributed by atoms with Crippen molar-refractivity contribution in [1.82, 2.24) is 0 Å². The number of aliphatic hydroxyl groups is 3. The summed E-state index contributed by atoms with van der Waals surface area (Å²) in [7, 11) is 0. The molecular formula is C30H52O5. The maximum atomic E-state index is 12.1. The van der Waals surface area contributed by atoms with Crippen LogP contribution in [-0.4, -0.2) is 44.7 Å². The van der Waals surface area contributed by atoms with Crippen LogP contribution >= 0.6 is 0 Å². The molecule has 0 spiro atoms. The molecule has 0 radical (unpaired) electrons. The minimum Gasteiger partial charge on any atom is -0.459 e. The van der Waals surface area contributed by atoms with E-state index in [1.54, 1.807) is 0 Å². The first kappa shape index (κ1) is 27.4. The molecule has 0 aliphatic heterocycles. The largest absolute Gasteiger partial charge is 0.459 e. The van der Waals surface area contributed by atoms with E-state index in [0.717, 1.165) is 38.5 Å². The Hall–Kier alpha value is -0.650. The minimum atomic E-state index is -1.15. The van der Waals surface area contributed by atoms with E-state index in [0.29, 0.717) is 36.0 Å². The van der Waals surface area contributed by atoms with Gasteiger partial charge in [0, 0.05) is 18.8 Å². The van der Waals surface area contributed by atoms with Gasteiger partial charge in [0.15, 0.2) is 0 Å². The van der Waals surface area contributed by atoms with Gasteiger partial charge in [-0.2, -0.15) is 0 Å². The van der Waals surface area contributed by atoms with Gasteiger partial charge in [0.05, 0.1) is 11.7 Å². The molecule has 35 heavy (non-hydrogen) atoms. The maximum Gasteiger partial charge on any atom is 0.303 e. The fourth-order valence-corrected chi connectivity index (χ4v) is 9.62. The van der Waals surface area contributed by atoms with Crippen molar-refractivity contribution in [3.63, 3.8) is 0 Å². The van der Waals surface area contributed by atoms with Gasteiger partial charge in [-0.25, -0.2) is 0 Å². The molecule has 11 atom stereocenters. The molecule has 0 bridgehead atoms. The van der Waals surface area contributed by atoms with Crippen LogP contribution < -0.4 is 0 Å². The van der Waals surface area contributed by atoms with Crippen molar-refractivity contribution in [2.45, 2.75) is 136 Å². The minimum absolute atomic E-state index is 0.277. The summed E-state index contributed by atoms with van der Waals surface area (Å²) in [5.74, 6) is 2.70. The predicted molar refractivity (Wildman–Crippen MR) is 137 cm³/mol.